The quantitative estimate of drug-likeness (QED) is 0.924. The van der Waals surface area contributed by atoms with Gasteiger partial charge in [-0.1, -0.05) is 18.0 Å². The second kappa shape index (κ2) is 5.50. The van der Waals surface area contributed by atoms with Gasteiger partial charge in [0.15, 0.2) is 0 Å². The SMILES string of the molecule is NCc1cc(S(=O)(=O)N2CC3CCCC3C2)cc(F)c1Cl. The number of nitrogens with zero attached hydrogens (tertiary/aromatic N) is 1. The maximum Gasteiger partial charge on any atom is 0.243 e. The fourth-order valence-corrected chi connectivity index (χ4v) is 5.26. The largest absolute Gasteiger partial charge is 0.326 e. The molecular formula is C14H18ClFN2O2S. The normalized spacial score (nSPS) is 26.2. The van der Waals surface area contributed by atoms with Crippen LogP contribution in [0.5, 0.6) is 0 Å². The standard InChI is InChI=1S/C14H18ClFN2O2S/c15-14-11(6-17)4-12(5-13(14)16)21(19,20)18-7-9-2-1-3-10(9)8-18/h4-5,9-10H,1-3,6-8,17H2. The Morgan fingerprint density at radius 2 is 1.90 bits per heavy atom. The summed E-state index contributed by atoms with van der Waals surface area (Å²) < 4.78 is 40.6. The maximum atomic E-state index is 13.8. The van der Waals surface area contributed by atoms with Crippen molar-refractivity contribution in [1.29, 1.82) is 0 Å². The lowest BCUT2D eigenvalue weighted by molar-refractivity contribution is 0.445. The second-order valence-corrected chi connectivity index (χ2v) is 8.17. The van der Waals surface area contributed by atoms with Crippen LogP contribution in [-0.4, -0.2) is 25.8 Å². The average Bonchev–Trinajstić information content (AvgIpc) is 3.02. The zero-order chi connectivity index (χ0) is 15.2. The lowest BCUT2D eigenvalue weighted by Crippen LogP contribution is -2.30. The van der Waals surface area contributed by atoms with E-state index in [1.165, 1.54) is 16.8 Å². The lowest BCUT2D eigenvalue weighted by Gasteiger charge is -2.18. The predicted octanol–water partition coefficient (Wildman–Crippen LogP) is 2.36. The van der Waals surface area contributed by atoms with Crippen molar-refractivity contribution in [2.24, 2.45) is 17.6 Å². The highest BCUT2D eigenvalue weighted by Crippen LogP contribution is 2.40. The predicted molar refractivity (Wildman–Crippen MR) is 78.9 cm³/mol. The van der Waals surface area contributed by atoms with Gasteiger partial charge in [-0.15, -0.1) is 0 Å². The van der Waals surface area contributed by atoms with E-state index in [0.29, 0.717) is 30.5 Å². The minimum atomic E-state index is -3.67. The van der Waals surface area contributed by atoms with Crippen molar-refractivity contribution < 1.29 is 12.8 Å². The summed E-state index contributed by atoms with van der Waals surface area (Å²) in [6, 6.07) is 2.37. The average molecular weight is 333 g/mol. The van der Waals surface area contributed by atoms with Gasteiger partial charge in [0, 0.05) is 19.6 Å². The molecule has 2 aliphatic rings. The molecule has 21 heavy (non-hydrogen) atoms. The Morgan fingerprint density at radius 1 is 1.29 bits per heavy atom. The van der Waals surface area contributed by atoms with E-state index < -0.39 is 15.8 Å². The van der Waals surface area contributed by atoms with E-state index in [1.54, 1.807) is 0 Å². The third-order valence-electron chi connectivity index (χ3n) is 4.63. The number of rotatable bonds is 3. The van der Waals surface area contributed by atoms with Crippen molar-refractivity contribution in [3.63, 3.8) is 0 Å². The molecule has 3 rings (SSSR count). The molecular weight excluding hydrogens is 315 g/mol. The first-order valence-electron chi connectivity index (χ1n) is 7.11. The summed E-state index contributed by atoms with van der Waals surface area (Å²) in [6.07, 6.45) is 3.34. The van der Waals surface area contributed by atoms with Gasteiger partial charge in [-0.2, -0.15) is 4.31 Å². The molecule has 0 spiro atoms. The summed E-state index contributed by atoms with van der Waals surface area (Å²) in [7, 11) is -3.67. The van der Waals surface area contributed by atoms with Gasteiger partial charge < -0.3 is 5.73 Å². The molecule has 0 radical (unpaired) electrons. The van der Waals surface area contributed by atoms with Crippen molar-refractivity contribution in [1.82, 2.24) is 4.31 Å². The van der Waals surface area contributed by atoms with Crippen LogP contribution in [-0.2, 0) is 16.6 Å². The van der Waals surface area contributed by atoms with Gasteiger partial charge in [-0.05, 0) is 42.4 Å². The number of fused-ring (bicyclic) bond motifs is 1. The van der Waals surface area contributed by atoms with Gasteiger partial charge in [0.1, 0.15) is 5.82 Å². The van der Waals surface area contributed by atoms with Crippen LogP contribution in [0.15, 0.2) is 17.0 Å². The van der Waals surface area contributed by atoms with Crippen LogP contribution in [0, 0.1) is 17.7 Å². The molecule has 1 saturated heterocycles. The topological polar surface area (TPSA) is 63.4 Å². The molecule has 0 aromatic heterocycles. The molecule has 7 heteroatoms. The van der Waals surface area contributed by atoms with Crippen LogP contribution in [0.25, 0.3) is 0 Å². The third kappa shape index (κ3) is 2.59. The van der Waals surface area contributed by atoms with Crippen molar-refractivity contribution in [2.45, 2.75) is 30.7 Å². The van der Waals surface area contributed by atoms with Crippen LogP contribution >= 0.6 is 11.6 Å². The fourth-order valence-electron chi connectivity index (χ4n) is 3.45. The van der Waals surface area contributed by atoms with Gasteiger partial charge >= 0.3 is 0 Å². The van der Waals surface area contributed by atoms with E-state index in [4.69, 9.17) is 17.3 Å². The molecule has 1 aliphatic carbocycles. The number of benzene rings is 1. The second-order valence-electron chi connectivity index (χ2n) is 5.86. The van der Waals surface area contributed by atoms with E-state index >= 15 is 0 Å². The molecule has 2 atom stereocenters. The van der Waals surface area contributed by atoms with Crippen LogP contribution < -0.4 is 5.73 Å². The number of hydrogen-bond donors (Lipinski definition) is 1. The van der Waals surface area contributed by atoms with Crippen LogP contribution in [0.1, 0.15) is 24.8 Å². The van der Waals surface area contributed by atoms with E-state index in [-0.39, 0.29) is 16.5 Å². The van der Waals surface area contributed by atoms with E-state index in [0.717, 1.165) is 18.9 Å². The first kappa shape index (κ1) is 15.2. The highest BCUT2D eigenvalue weighted by molar-refractivity contribution is 7.89. The van der Waals surface area contributed by atoms with Crippen molar-refractivity contribution >= 4 is 21.6 Å². The number of nitrogens with two attached hydrogens (primary N) is 1. The molecule has 0 amide bonds. The van der Waals surface area contributed by atoms with E-state index in [9.17, 15) is 12.8 Å². The molecule has 1 aliphatic heterocycles. The van der Waals surface area contributed by atoms with Gasteiger partial charge in [-0.3, -0.25) is 0 Å². The summed E-state index contributed by atoms with van der Waals surface area (Å²) in [6.45, 7) is 1.08. The first-order valence-corrected chi connectivity index (χ1v) is 8.93. The minimum Gasteiger partial charge on any atom is -0.326 e. The summed E-state index contributed by atoms with van der Waals surface area (Å²) in [5, 5.41) is -0.102. The summed E-state index contributed by atoms with van der Waals surface area (Å²) in [5.74, 6) is 0.161. The highest BCUT2D eigenvalue weighted by atomic mass is 35.5. The number of hydrogen-bond acceptors (Lipinski definition) is 3. The Bertz CT molecular complexity index is 653. The molecule has 0 bridgehead atoms. The van der Waals surface area contributed by atoms with Crippen LogP contribution in [0.4, 0.5) is 4.39 Å². The van der Waals surface area contributed by atoms with Gasteiger partial charge in [0.2, 0.25) is 10.0 Å². The fraction of sp³-hybridized carbons (Fsp3) is 0.571. The van der Waals surface area contributed by atoms with Crippen LogP contribution in [0.2, 0.25) is 5.02 Å². The number of sulfonamides is 1. The first-order chi connectivity index (χ1) is 9.93. The van der Waals surface area contributed by atoms with Gasteiger partial charge in [-0.25, -0.2) is 12.8 Å². The van der Waals surface area contributed by atoms with Gasteiger partial charge in [0.05, 0.1) is 9.92 Å². The molecule has 1 heterocycles. The molecule has 4 nitrogen and oxygen atoms in total. The summed E-state index contributed by atoms with van der Waals surface area (Å²) >= 11 is 5.79. The smallest absolute Gasteiger partial charge is 0.243 e. The molecule has 1 saturated carbocycles. The molecule has 2 unspecified atom stereocenters. The third-order valence-corrected chi connectivity index (χ3v) is 6.86. The van der Waals surface area contributed by atoms with Crippen molar-refractivity contribution in [3.8, 4) is 0 Å². The van der Waals surface area contributed by atoms with Gasteiger partial charge in [0.25, 0.3) is 0 Å². The molecule has 116 valence electrons. The Morgan fingerprint density at radius 3 is 2.48 bits per heavy atom. The highest BCUT2D eigenvalue weighted by Gasteiger charge is 2.41. The Kier molecular flexibility index (Phi) is 3.98. The van der Waals surface area contributed by atoms with Crippen LogP contribution in [0.3, 0.4) is 0 Å². The maximum absolute atomic E-state index is 13.8. The monoisotopic (exact) mass is 332 g/mol. The summed E-state index contributed by atoms with van der Waals surface area (Å²) in [5.41, 5.74) is 5.81. The molecule has 1 aromatic carbocycles. The van der Waals surface area contributed by atoms with Crippen molar-refractivity contribution in [3.05, 3.63) is 28.5 Å². The van der Waals surface area contributed by atoms with E-state index in [1.807, 2.05) is 0 Å². The van der Waals surface area contributed by atoms with Crippen molar-refractivity contribution in [2.75, 3.05) is 13.1 Å². The molecule has 2 fully saturated rings. The Labute approximate surface area is 129 Å². The zero-order valence-electron chi connectivity index (χ0n) is 11.6. The zero-order valence-corrected chi connectivity index (χ0v) is 13.1. The Balaban J connectivity index is 1.94. The molecule has 1 aromatic rings. The Hall–Kier alpha value is -0.690. The van der Waals surface area contributed by atoms with E-state index in [2.05, 4.69) is 0 Å². The minimum absolute atomic E-state index is 0.00433. The molecule has 2 N–H and O–H groups in total. The lowest BCUT2D eigenvalue weighted by atomic mass is 10.0. The number of halogens is 2. The summed E-state index contributed by atoms with van der Waals surface area (Å²) in [4.78, 5) is -0.0511.